The highest BCUT2D eigenvalue weighted by Gasteiger charge is 2.26. The topological polar surface area (TPSA) is 41.9 Å². The zero-order chi connectivity index (χ0) is 13.9. The Hall–Kier alpha value is -0.590. The molecule has 0 unspecified atom stereocenters. The number of imidazole rings is 1. The Morgan fingerprint density at radius 1 is 1.30 bits per heavy atom. The minimum Gasteiger partial charge on any atom is -0.350 e. The molecule has 0 atom stereocenters. The van der Waals surface area contributed by atoms with Crippen molar-refractivity contribution in [2.45, 2.75) is 32.4 Å². The third kappa shape index (κ3) is 1.77. The van der Waals surface area contributed by atoms with E-state index in [1.165, 1.54) is 27.5 Å². The van der Waals surface area contributed by atoms with E-state index in [-0.39, 0.29) is 0 Å². The molecule has 2 aliphatic heterocycles. The van der Waals surface area contributed by atoms with Gasteiger partial charge in [0, 0.05) is 28.6 Å². The molecule has 1 aromatic heterocycles. The molecule has 1 fully saturated rings. The van der Waals surface area contributed by atoms with Crippen LogP contribution in [0.5, 0.6) is 0 Å². The van der Waals surface area contributed by atoms with E-state index in [1.54, 1.807) is 0 Å². The quantitative estimate of drug-likeness (QED) is 0.814. The van der Waals surface area contributed by atoms with Crippen molar-refractivity contribution in [3.05, 3.63) is 20.1 Å². The van der Waals surface area contributed by atoms with Crippen LogP contribution in [-0.2, 0) is 13.0 Å². The van der Waals surface area contributed by atoms with E-state index >= 15 is 0 Å². The van der Waals surface area contributed by atoms with E-state index in [0.29, 0.717) is 6.04 Å². The van der Waals surface area contributed by atoms with E-state index in [4.69, 9.17) is 4.98 Å². The summed E-state index contributed by atoms with van der Waals surface area (Å²) in [5, 5.41) is 6.87. The van der Waals surface area contributed by atoms with Gasteiger partial charge in [-0.2, -0.15) is 0 Å². The van der Waals surface area contributed by atoms with Gasteiger partial charge in [0.2, 0.25) is 5.95 Å². The van der Waals surface area contributed by atoms with Crippen molar-refractivity contribution in [2.24, 2.45) is 0 Å². The fourth-order valence-corrected chi connectivity index (χ4v) is 4.18. The Labute approximate surface area is 134 Å². The first-order valence-electron chi connectivity index (χ1n) is 7.00. The number of halogens is 2. The number of rotatable bonds is 2. The van der Waals surface area contributed by atoms with Gasteiger partial charge in [-0.1, -0.05) is 0 Å². The molecule has 0 spiro atoms. The van der Waals surface area contributed by atoms with Crippen LogP contribution in [0.25, 0.3) is 11.0 Å². The second kappa shape index (κ2) is 4.71. The van der Waals surface area contributed by atoms with Gasteiger partial charge in [0.1, 0.15) is 0 Å². The molecule has 4 rings (SSSR count). The van der Waals surface area contributed by atoms with Crippen molar-refractivity contribution >= 4 is 48.8 Å². The predicted molar refractivity (Wildman–Crippen MR) is 88.5 cm³/mol. The van der Waals surface area contributed by atoms with Gasteiger partial charge in [0.25, 0.3) is 0 Å². The summed E-state index contributed by atoms with van der Waals surface area (Å²) >= 11 is 7.45. The number of benzene rings is 1. The number of hydrogen-bond donors (Lipinski definition) is 2. The van der Waals surface area contributed by atoms with Crippen LogP contribution in [0.4, 0.5) is 5.95 Å². The fraction of sp³-hybridized carbons (Fsp3) is 0.500. The molecule has 3 heterocycles. The molecule has 6 heteroatoms. The van der Waals surface area contributed by atoms with Crippen LogP contribution in [0.3, 0.4) is 0 Å². The SMILES string of the molecule is Cc1c(Br)c(Br)c2c3c1nc(NC1CNC1)n3CCC2. The van der Waals surface area contributed by atoms with Crippen LogP contribution in [0, 0.1) is 6.92 Å². The van der Waals surface area contributed by atoms with Crippen molar-refractivity contribution < 1.29 is 0 Å². The van der Waals surface area contributed by atoms with Gasteiger partial charge in [-0.25, -0.2) is 4.98 Å². The van der Waals surface area contributed by atoms with Crippen molar-refractivity contribution in [3.63, 3.8) is 0 Å². The average Bonchev–Trinajstić information content (AvgIpc) is 2.78. The number of hydrogen-bond acceptors (Lipinski definition) is 3. The van der Waals surface area contributed by atoms with Crippen LogP contribution in [-0.4, -0.2) is 28.7 Å². The van der Waals surface area contributed by atoms with Gasteiger partial charge >= 0.3 is 0 Å². The van der Waals surface area contributed by atoms with E-state index < -0.39 is 0 Å². The van der Waals surface area contributed by atoms with E-state index in [9.17, 15) is 0 Å². The highest BCUT2D eigenvalue weighted by Crippen LogP contribution is 2.41. The monoisotopic (exact) mass is 398 g/mol. The Bertz CT molecular complexity index is 703. The molecule has 1 aromatic carbocycles. The summed E-state index contributed by atoms with van der Waals surface area (Å²) in [5.41, 5.74) is 5.03. The first-order valence-corrected chi connectivity index (χ1v) is 8.59. The molecule has 0 saturated carbocycles. The summed E-state index contributed by atoms with van der Waals surface area (Å²) in [6, 6.07) is 0.514. The lowest BCUT2D eigenvalue weighted by molar-refractivity contribution is 0.466. The van der Waals surface area contributed by atoms with Crippen LogP contribution in [0.1, 0.15) is 17.5 Å². The second-order valence-corrected chi connectivity index (χ2v) is 7.20. The van der Waals surface area contributed by atoms with Crippen LogP contribution in [0.2, 0.25) is 0 Å². The highest BCUT2D eigenvalue weighted by molar-refractivity contribution is 9.13. The normalized spacial score (nSPS) is 18.4. The third-order valence-electron chi connectivity index (χ3n) is 4.32. The molecule has 0 amide bonds. The zero-order valence-electron chi connectivity index (χ0n) is 11.3. The molecule has 106 valence electrons. The van der Waals surface area contributed by atoms with Crippen molar-refractivity contribution in [1.82, 2.24) is 14.9 Å². The van der Waals surface area contributed by atoms with Crippen molar-refractivity contribution in [1.29, 1.82) is 0 Å². The largest absolute Gasteiger partial charge is 0.350 e. The Morgan fingerprint density at radius 2 is 2.10 bits per heavy atom. The van der Waals surface area contributed by atoms with Gasteiger partial charge in [0.05, 0.1) is 17.1 Å². The summed E-state index contributed by atoms with van der Waals surface area (Å²) in [4.78, 5) is 4.88. The summed E-state index contributed by atoms with van der Waals surface area (Å²) in [6.45, 7) is 5.25. The Morgan fingerprint density at radius 3 is 2.80 bits per heavy atom. The van der Waals surface area contributed by atoms with Crippen LogP contribution < -0.4 is 10.6 Å². The lowest BCUT2D eigenvalue weighted by Gasteiger charge is -2.29. The van der Waals surface area contributed by atoms with Gasteiger partial charge < -0.3 is 15.2 Å². The molecular formula is C14H16Br2N4. The third-order valence-corrected chi connectivity index (χ3v) is 6.72. The maximum atomic E-state index is 4.88. The second-order valence-electron chi connectivity index (χ2n) is 5.62. The van der Waals surface area contributed by atoms with E-state index in [1.807, 2.05) is 0 Å². The molecule has 1 saturated heterocycles. The van der Waals surface area contributed by atoms with Crippen LogP contribution in [0.15, 0.2) is 8.95 Å². The molecule has 2 aromatic rings. The first kappa shape index (κ1) is 13.1. The fourth-order valence-electron chi connectivity index (χ4n) is 3.07. The van der Waals surface area contributed by atoms with Gasteiger partial charge in [-0.05, 0) is 62.8 Å². The minimum atomic E-state index is 0.514. The Balaban J connectivity index is 1.95. The molecule has 0 radical (unpaired) electrons. The number of nitrogens with zero attached hydrogens (tertiary/aromatic N) is 2. The van der Waals surface area contributed by atoms with Gasteiger partial charge in [-0.3, -0.25) is 0 Å². The summed E-state index contributed by atoms with van der Waals surface area (Å²) < 4.78 is 4.69. The lowest BCUT2D eigenvalue weighted by Crippen LogP contribution is -2.51. The maximum Gasteiger partial charge on any atom is 0.204 e. The molecule has 20 heavy (non-hydrogen) atoms. The predicted octanol–water partition coefficient (Wildman–Crippen LogP) is 3.20. The van der Waals surface area contributed by atoms with Gasteiger partial charge in [0.15, 0.2) is 0 Å². The molecule has 0 aliphatic carbocycles. The number of aryl methyl sites for hydroxylation is 3. The zero-order valence-corrected chi connectivity index (χ0v) is 14.4. The number of nitrogens with one attached hydrogen (secondary N) is 2. The van der Waals surface area contributed by atoms with Crippen molar-refractivity contribution in [3.8, 4) is 0 Å². The number of anilines is 1. The summed E-state index contributed by atoms with van der Waals surface area (Å²) in [6.07, 6.45) is 2.29. The standard InChI is InChI=1S/C14H16Br2N4/c1-7-10(15)11(16)9-3-2-4-20-13(9)12(7)19-14(20)18-8-5-17-6-8/h8,17H,2-6H2,1H3,(H,18,19). The van der Waals surface area contributed by atoms with E-state index in [0.717, 1.165) is 42.0 Å². The van der Waals surface area contributed by atoms with Crippen LogP contribution >= 0.6 is 31.9 Å². The Kier molecular flexibility index (Phi) is 3.09. The number of aromatic nitrogens is 2. The highest BCUT2D eigenvalue weighted by atomic mass is 79.9. The van der Waals surface area contributed by atoms with E-state index in [2.05, 4.69) is 54.0 Å². The molecule has 0 bridgehead atoms. The smallest absolute Gasteiger partial charge is 0.204 e. The maximum absolute atomic E-state index is 4.88. The lowest BCUT2D eigenvalue weighted by atomic mass is 10.0. The van der Waals surface area contributed by atoms with Crippen molar-refractivity contribution in [2.75, 3.05) is 18.4 Å². The minimum absolute atomic E-state index is 0.514. The first-order chi connectivity index (χ1) is 9.66. The molecule has 4 nitrogen and oxygen atoms in total. The summed E-state index contributed by atoms with van der Waals surface area (Å²) in [7, 11) is 0. The molecule has 2 aliphatic rings. The van der Waals surface area contributed by atoms with Gasteiger partial charge in [-0.15, -0.1) is 0 Å². The average molecular weight is 400 g/mol. The summed E-state index contributed by atoms with van der Waals surface area (Å²) in [5.74, 6) is 1.03. The molecule has 2 N–H and O–H groups in total. The molecular weight excluding hydrogens is 384 g/mol.